The van der Waals surface area contributed by atoms with Crippen LogP contribution in [0.5, 0.6) is 11.5 Å². The summed E-state index contributed by atoms with van der Waals surface area (Å²) in [5.74, 6) is 0.657. The minimum Gasteiger partial charge on any atom is -0.483 e. The number of nitrogens with one attached hydrogen (secondary N) is 1. The number of ether oxygens (including phenoxy) is 2. The fourth-order valence-corrected chi connectivity index (χ4v) is 9.28. The Morgan fingerprint density at radius 2 is 1.11 bits per heavy atom. The second-order valence-corrected chi connectivity index (χ2v) is 17.9. The molecule has 2 aromatic heterocycles. The molecule has 4 aromatic rings. The molecule has 2 aliphatic carbocycles. The molecule has 2 saturated heterocycles. The SMILES string of the molecule is O=c1c(OC2CCCC2)c(N2CCN(S(=O)(=O)CCl)CC2)cnn1-c1cccc(Cl)c1.O=c1c(OC2CCCC2)c(N2CCNCC2)cnn1-c1cccc(Cl)c1. The molecule has 306 valence electrons. The molecule has 0 bridgehead atoms. The summed E-state index contributed by atoms with van der Waals surface area (Å²) >= 11 is 17.8. The van der Waals surface area contributed by atoms with Crippen LogP contribution >= 0.6 is 34.8 Å². The van der Waals surface area contributed by atoms with Gasteiger partial charge in [-0.2, -0.15) is 23.9 Å². The third kappa shape index (κ3) is 9.89. The van der Waals surface area contributed by atoms with Crippen LogP contribution in [0.25, 0.3) is 11.4 Å². The lowest BCUT2D eigenvalue weighted by Gasteiger charge is -2.35. The van der Waals surface area contributed by atoms with Crippen LogP contribution in [0.3, 0.4) is 0 Å². The fraction of sp³-hybridized carbons (Fsp3) is 0.487. The van der Waals surface area contributed by atoms with Crippen molar-refractivity contribution in [2.75, 3.05) is 67.4 Å². The minimum atomic E-state index is -3.46. The molecule has 1 N–H and O–H groups in total. The minimum absolute atomic E-state index is 0.0143. The summed E-state index contributed by atoms with van der Waals surface area (Å²) in [6.45, 7) is 4.86. The highest BCUT2D eigenvalue weighted by molar-refractivity contribution is 7.90. The Balaban J connectivity index is 0.000000177. The first-order valence-electron chi connectivity index (χ1n) is 19.5. The van der Waals surface area contributed by atoms with Crippen LogP contribution in [-0.2, 0) is 10.0 Å². The van der Waals surface area contributed by atoms with E-state index < -0.39 is 15.2 Å². The quantitative estimate of drug-likeness (QED) is 0.203. The van der Waals surface area contributed by atoms with E-state index in [4.69, 9.17) is 44.3 Å². The van der Waals surface area contributed by atoms with Crippen LogP contribution in [-0.4, -0.2) is 102 Å². The van der Waals surface area contributed by atoms with Gasteiger partial charge in [0.2, 0.25) is 21.5 Å². The Morgan fingerprint density at radius 1 is 0.667 bits per heavy atom. The molecule has 2 saturated carbocycles. The molecule has 8 rings (SSSR count). The highest BCUT2D eigenvalue weighted by Gasteiger charge is 2.30. The summed E-state index contributed by atoms with van der Waals surface area (Å²) in [5, 5.41) is 12.7. The number of sulfonamides is 1. The number of anilines is 2. The van der Waals surface area contributed by atoms with Gasteiger partial charge in [-0.15, -0.1) is 11.6 Å². The zero-order valence-corrected chi connectivity index (χ0v) is 34.7. The Kier molecular flexibility index (Phi) is 13.6. The van der Waals surface area contributed by atoms with Crippen molar-refractivity contribution in [3.63, 3.8) is 0 Å². The summed E-state index contributed by atoms with van der Waals surface area (Å²) < 4.78 is 40.5. The summed E-state index contributed by atoms with van der Waals surface area (Å²) in [4.78, 5) is 30.7. The van der Waals surface area contributed by atoms with E-state index in [1.807, 2.05) is 17.0 Å². The lowest BCUT2D eigenvalue weighted by atomic mass is 10.2. The van der Waals surface area contributed by atoms with Crippen LogP contribution in [0.4, 0.5) is 11.4 Å². The molecule has 0 spiro atoms. The largest absolute Gasteiger partial charge is 0.483 e. The number of hydrogen-bond donors (Lipinski definition) is 1. The van der Waals surface area contributed by atoms with Gasteiger partial charge < -0.3 is 24.6 Å². The molecule has 4 aliphatic rings. The Morgan fingerprint density at radius 3 is 1.53 bits per heavy atom. The molecule has 2 aliphatic heterocycles. The van der Waals surface area contributed by atoms with Gasteiger partial charge in [0.25, 0.3) is 0 Å². The van der Waals surface area contributed by atoms with Crippen LogP contribution in [0, 0.1) is 0 Å². The third-order valence-corrected chi connectivity index (χ3v) is 13.4. The summed E-state index contributed by atoms with van der Waals surface area (Å²) in [5.41, 5.74) is 1.99. The van der Waals surface area contributed by atoms with Gasteiger partial charge in [0, 0.05) is 62.4 Å². The second-order valence-electron chi connectivity index (χ2n) is 14.5. The summed E-state index contributed by atoms with van der Waals surface area (Å²) in [6.07, 6.45) is 11.7. The fourth-order valence-electron chi connectivity index (χ4n) is 7.64. The number of benzene rings is 2. The van der Waals surface area contributed by atoms with Gasteiger partial charge in [-0.25, -0.2) is 8.42 Å². The van der Waals surface area contributed by atoms with E-state index in [1.54, 1.807) is 48.8 Å². The Hall–Kier alpha value is -3.86. The van der Waals surface area contributed by atoms with E-state index >= 15 is 0 Å². The number of piperazine rings is 2. The van der Waals surface area contributed by atoms with Crippen LogP contribution in [0.1, 0.15) is 51.4 Å². The van der Waals surface area contributed by atoms with E-state index in [1.165, 1.54) is 13.7 Å². The monoisotopic (exact) mass is 860 g/mol. The molecule has 14 nitrogen and oxygen atoms in total. The van der Waals surface area contributed by atoms with Gasteiger partial charge in [-0.1, -0.05) is 35.3 Å². The van der Waals surface area contributed by atoms with Gasteiger partial charge in [0.05, 0.1) is 36.0 Å². The maximum Gasteiger partial charge on any atom is 0.316 e. The highest BCUT2D eigenvalue weighted by atomic mass is 35.5. The predicted octanol–water partition coefficient (Wildman–Crippen LogP) is 5.47. The molecule has 0 radical (unpaired) electrons. The van der Waals surface area contributed by atoms with Crippen LogP contribution in [0.15, 0.2) is 70.5 Å². The molecule has 2 aromatic carbocycles. The second kappa shape index (κ2) is 18.8. The van der Waals surface area contributed by atoms with Gasteiger partial charge >= 0.3 is 11.1 Å². The number of hydrogen-bond acceptors (Lipinski definition) is 11. The predicted molar refractivity (Wildman–Crippen MR) is 224 cm³/mol. The number of nitrogens with zero attached hydrogens (tertiary/aromatic N) is 7. The Bertz CT molecular complexity index is 2230. The first-order valence-corrected chi connectivity index (χ1v) is 22.4. The van der Waals surface area contributed by atoms with Gasteiger partial charge in [-0.05, 0) is 87.8 Å². The summed E-state index contributed by atoms with van der Waals surface area (Å²) in [6, 6.07) is 14.1. The van der Waals surface area contributed by atoms with E-state index in [-0.39, 0.29) is 42.2 Å². The number of aromatic nitrogens is 4. The molecule has 57 heavy (non-hydrogen) atoms. The van der Waals surface area contributed by atoms with Crippen molar-refractivity contribution >= 4 is 56.2 Å². The van der Waals surface area contributed by atoms with Crippen molar-refractivity contribution in [2.45, 2.75) is 63.6 Å². The average molecular weight is 862 g/mol. The van der Waals surface area contributed by atoms with Crippen molar-refractivity contribution in [1.82, 2.24) is 29.2 Å². The van der Waals surface area contributed by atoms with Gasteiger partial charge in [0.15, 0.2) is 0 Å². The zero-order chi connectivity index (χ0) is 39.9. The molecular weight excluding hydrogens is 815 g/mol. The van der Waals surface area contributed by atoms with Gasteiger partial charge in [-0.3, -0.25) is 9.59 Å². The van der Waals surface area contributed by atoms with Crippen molar-refractivity contribution in [3.8, 4) is 22.9 Å². The highest BCUT2D eigenvalue weighted by Crippen LogP contribution is 2.32. The molecule has 0 unspecified atom stereocenters. The van der Waals surface area contributed by atoms with Crippen molar-refractivity contribution in [2.24, 2.45) is 0 Å². The maximum atomic E-state index is 13.4. The first-order chi connectivity index (χ1) is 27.6. The van der Waals surface area contributed by atoms with E-state index in [0.717, 1.165) is 83.2 Å². The average Bonchev–Trinajstić information content (AvgIpc) is 3.95. The van der Waals surface area contributed by atoms with Crippen molar-refractivity contribution in [3.05, 3.63) is 91.7 Å². The topological polar surface area (TPSA) is 144 Å². The van der Waals surface area contributed by atoms with Crippen molar-refractivity contribution < 1.29 is 17.9 Å². The van der Waals surface area contributed by atoms with Gasteiger partial charge in [0.1, 0.15) is 16.6 Å². The Labute approximate surface area is 347 Å². The van der Waals surface area contributed by atoms with E-state index in [2.05, 4.69) is 20.4 Å². The van der Waals surface area contributed by atoms with Crippen LogP contribution < -0.4 is 35.7 Å². The van der Waals surface area contributed by atoms with E-state index in [9.17, 15) is 18.0 Å². The molecule has 18 heteroatoms. The van der Waals surface area contributed by atoms with Crippen LogP contribution in [0.2, 0.25) is 10.0 Å². The number of halogens is 3. The third-order valence-electron chi connectivity index (χ3n) is 10.7. The molecule has 0 amide bonds. The molecular formula is C39H47Cl3N8O6S. The maximum absolute atomic E-state index is 13.4. The summed E-state index contributed by atoms with van der Waals surface area (Å²) in [7, 11) is -3.46. The van der Waals surface area contributed by atoms with Crippen molar-refractivity contribution in [1.29, 1.82) is 0 Å². The zero-order valence-electron chi connectivity index (χ0n) is 31.6. The normalized spacial score (nSPS) is 18.4. The lowest BCUT2D eigenvalue weighted by molar-refractivity contribution is 0.205. The number of rotatable bonds is 10. The first kappa shape index (κ1) is 41.3. The molecule has 4 heterocycles. The smallest absolute Gasteiger partial charge is 0.316 e. The molecule has 4 fully saturated rings. The van der Waals surface area contributed by atoms with E-state index in [0.29, 0.717) is 45.9 Å². The lowest BCUT2D eigenvalue weighted by Crippen LogP contribution is -2.49. The standard InChI is InChI=1S/C20H24Cl2N4O4S.C19H23ClN4O2/c21-14-31(28,29)25-10-8-24(9-11-25)18-13-23-26(16-5-3-4-15(22)12-16)20(27)19(18)30-17-6-1-2-7-17;20-14-4-3-5-15(12-14)24-19(25)18(26-16-6-1-2-7-16)17(13-22-24)23-10-8-21-9-11-23/h3-5,12-13,17H,1-2,6-11,14H2;3-5,12-13,16,21H,1-2,6-11H2. The molecule has 0 atom stereocenters. The number of alkyl halides is 1.